The van der Waals surface area contributed by atoms with Crippen LogP contribution in [0.25, 0.3) is 118 Å². The summed E-state index contributed by atoms with van der Waals surface area (Å²) >= 11 is 3.78. The van der Waals surface area contributed by atoms with Crippen LogP contribution in [0, 0.1) is 0 Å². The van der Waals surface area contributed by atoms with Gasteiger partial charge in [-0.25, -0.2) is 0 Å². The van der Waals surface area contributed by atoms with E-state index >= 15 is 0 Å². The fourth-order valence-electron chi connectivity index (χ4n) is 9.50. The first-order valence-corrected chi connectivity index (χ1v) is 21.4. The van der Waals surface area contributed by atoms with Crippen LogP contribution in [0.4, 0.5) is 0 Å². The Kier molecular flexibility index (Phi) is 6.79. The van der Waals surface area contributed by atoms with E-state index in [1.54, 1.807) is 0 Å². The van der Waals surface area contributed by atoms with Gasteiger partial charge in [0.25, 0.3) is 0 Å². The fraction of sp³-hybridized carbons (Fsp3) is 0. The van der Waals surface area contributed by atoms with Crippen molar-refractivity contribution in [2.24, 2.45) is 0 Å². The lowest BCUT2D eigenvalue weighted by Crippen LogP contribution is -1.95. The first kappa shape index (κ1) is 32.1. The molecule has 0 bridgehead atoms. The molecule has 2 nitrogen and oxygen atoms in total. The zero-order valence-electron chi connectivity index (χ0n) is 31.2. The number of para-hydroxylation sites is 2. The summed E-state index contributed by atoms with van der Waals surface area (Å²) in [4.78, 5) is 0. The topological polar surface area (TPSA) is 9.86 Å². The SMILES string of the molecule is c1ccc2c(c1)sc1c(-c3ccc4c(c3)c3ccccc3n4-c3ccc(-c4ccc(-n5c6ccccc6c6ccc7c8ccccc8sc7c65)cc4)cc3)cccc12. The van der Waals surface area contributed by atoms with E-state index in [1.165, 1.54) is 112 Å². The largest absolute Gasteiger partial charge is 0.309 e. The van der Waals surface area contributed by atoms with Crippen LogP contribution in [0.2, 0.25) is 0 Å². The van der Waals surface area contributed by atoms with Crippen LogP contribution in [-0.4, -0.2) is 9.13 Å². The predicted molar refractivity (Wildman–Crippen MR) is 252 cm³/mol. The summed E-state index contributed by atoms with van der Waals surface area (Å²) in [7, 11) is 0. The van der Waals surface area contributed by atoms with Gasteiger partial charge in [0.1, 0.15) is 0 Å². The quantitative estimate of drug-likeness (QED) is 0.169. The van der Waals surface area contributed by atoms with Gasteiger partial charge < -0.3 is 9.13 Å². The summed E-state index contributed by atoms with van der Waals surface area (Å²) in [6, 6.07) is 71.7. The van der Waals surface area contributed by atoms with Crippen molar-refractivity contribution in [1.29, 1.82) is 0 Å². The van der Waals surface area contributed by atoms with E-state index < -0.39 is 0 Å². The van der Waals surface area contributed by atoms with Crippen molar-refractivity contribution in [3.8, 4) is 33.6 Å². The minimum atomic E-state index is 1.16. The molecule has 0 N–H and O–H groups in total. The van der Waals surface area contributed by atoms with Crippen LogP contribution < -0.4 is 0 Å². The molecule has 0 saturated heterocycles. The lowest BCUT2D eigenvalue weighted by atomic mass is 10.0. The van der Waals surface area contributed by atoms with E-state index in [-0.39, 0.29) is 0 Å². The van der Waals surface area contributed by atoms with Crippen molar-refractivity contribution in [3.63, 3.8) is 0 Å². The Morgan fingerprint density at radius 1 is 0.293 bits per heavy atom. The fourth-order valence-corrected chi connectivity index (χ4v) is 12.0. The summed E-state index contributed by atoms with van der Waals surface area (Å²) in [5.41, 5.74) is 12.2. The predicted octanol–water partition coefficient (Wildman–Crippen LogP) is 16.0. The van der Waals surface area contributed by atoms with E-state index in [2.05, 4.69) is 203 Å². The van der Waals surface area contributed by atoms with Crippen LogP contribution in [-0.2, 0) is 0 Å². The molecule has 0 atom stereocenters. The van der Waals surface area contributed by atoms with Crippen molar-refractivity contribution in [2.75, 3.05) is 0 Å². The highest BCUT2D eigenvalue weighted by atomic mass is 32.1. The first-order valence-electron chi connectivity index (χ1n) is 19.8. The molecule has 13 aromatic rings. The van der Waals surface area contributed by atoms with Gasteiger partial charge in [0.2, 0.25) is 0 Å². The second-order valence-corrected chi connectivity index (χ2v) is 17.4. The third kappa shape index (κ3) is 4.58. The number of hydrogen-bond acceptors (Lipinski definition) is 2. The maximum atomic E-state index is 2.46. The van der Waals surface area contributed by atoms with Gasteiger partial charge in [0, 0.05) is 68.6 Å². The van der Waals surface area contributed by atoms with Gasteiger partial charge in [-0.15, -0.1) is 22.7 Å². The molecule has 0 fully saturated rings. The highest BCUT2D eigenvalue weighted by Gasteiger charge is 2.19. The number of aromatic nitrogens is 2. The van der Waals surface area contributed by atoms with E-state index in [1.807, 2.05) is 22.7 Å². The molecule has 13 rings (SSSR count). The Bertz CT molecular complexity index is 3780. The lowest BCUT2D eigenvalue weighted by Gasteiger charge is -2.12. The van der Waals surface area contributed by atoms with Gasteiger partial charge in [0.05, 0.1) is 26.8 Å². The Balaban J connectivity index is 0.893. The molecule has 0 spiro atoms. The number of thiophene rings is 2. The molecule has 0 aliphatic carbocycles. The first-order chi connectivity index (χ1) is 28.8. The third-order valence-electron chi connectivity index (χ3n) is 12.2. The van der Waals surface area contributed by atoms with Crippen molar-refractivity contribution in [1.82, 2.24) is 9.13 Å². The minimum absolute atomic E-state index is 1.16. The van der Waals surface area contributed by atoms with Gasteiger partial charge in [0.15, 0.2) is 0 Å². The molecule has 4 heterocycles. The van der Waals surface area contributed by atoms with Crippen molar-refractivity contribution >= 4 is 107 Å². The molecule has 0 aliphatic heterocycles. The summed E-state index contributed by atoms with van der Waals surface area (Å²) < 4.78 is 10.2. The number of hydrogen-bond donors (Lipinski definition) is 0. The Morgan fingerprint density at radius 2 is 0.776 bits per heavy atom. The maximum absolute atomic E-state index is 2.46. The van der Waals surface area contributed by atoms with Crippen molar-refractivity contribution in [3.05, 3.63) is 194 Å². The second kappa shape index (κ2) is 12.3. The summed E-state index contributed by atoms with van der Waals surface area (Å²) in [5, 5.41) is 10.4. The standard InChI is InChI=1S/C54H32N2S2/c1-6-17-48-39(10-1)43-29-30-45-42-13-4-8-19-51(42)58-54(45)52(43)56(48)37-27-22-34(23-28-37)33-20-25-36(26-21-33)55-47-16-5-2-11-40(47)46-32-35(24-31-49(46)55)38-14-9-15-44-41-12-3-7-18-50(41)57-53(38)44/h1-32H. The maximum Gasteiger partial charge on any atom is 0.0719 e. The second-order valence-electron chi connectivity index (χ2n) is 15.2. The van der Waals surface area contributed by atoms with Gasteiger partial charge in [-0.1, -0.05) is 133 Å². The molecule has 0 amide bonds. The molecule has 4 aromatic heterocycles. The third-order valence-corrected chi connectivity index (χ3v) is 14.6. The Labute approximate surface area is 341 Å². The Morgan fingerprint density at radius 3 is 1.47 bits per heavy atom. The van der Waals surface area contributed by atoms with E-state index in [9.17, 15) is 0 Å². The molecule has 0 saturated carbocycles. The number of nitrogens with zero attached hydrogens (tertiary/aromatic N) is 2. The summed E-state index contributed by atoms with van der Waals surface area (Å²) in [5.74, 6) is 0. The normalized spacial score (nSPS) is 12.1. The summed E-state index contributed by atoms with van der Waals surface area (Å²) in [6.45, 7) is 0. The van der Waals surface area contributed by atoms with E-state index in [4.69, 9.17) is 0 Å². The lowest BCUT2D eigenvalue weighted by molar-refractivity contribution is 1.18. The van der Waals surface area contributed by atoms with Crippen LogP contribution in [0.1, 0.15) is 0 Å². The average Bonchev–Trinajstić information content (AvgIpc) is 4.04. The molecule has 9 aromatic carbocycles. The number of benzene rings is 9. The molecule has 270 valence electrons. The van der Waals surface area contributed by atoms with Gasteiger partial charge in [-0.05, 0) is 82.9 Å². The van der Waals surface area contributed by atoms with E-state index in [0.717, 1.165) is 5.69 Å². The molecule has 0 radical (unpaired) electrons. The zero-order chi connectivity index (χ0) is 37.9. The molecule has 0 aliphatic rings. The molecule has 4 heteroatoms. The van der Waals surface area contributed by atoms with Crippen molar-refractivity contribution < 1.29 is 0 Å². The van der Waals surface area contributed by atoms with Crippen molar-refractivity contribution in [2.45, 2.75) is 0 Å². The number of rotatable bonds is 4. The number of fused-ring (bicyclic) bond motifs is 13. The minimum Gasteiger partial charge on any atom is -0.309 e. The summed E-state index contributed by atoms with van der Waals surface area (Å²) in [6.07, 6.45) is 0. The molecular formula is C54H32N2S2. The van der Waals surface area contributed by atoms with Crippen LogP contribution in [0.5, 0.6) is 0 Å². The smallest absolute Gasteiger partial charge is 0.0719 e. The average molecular weight is 773 g/mol. The van der Waals surface area contributed by atoms with Gasteiger partial charge >= 0.3 is 0 Å². The van der Waals surface area contributed by atoms with Gasteiger partial charge in [-0.3, -0.25) is 0 Å². The van der Waals surface area contributed by atoms with E-state index in [0.29, 0.717) is 0 Å². The van der Waals surface area contributed by atoms with Crippen LogP contribution in [0.15, 0.2) is 194 Å². The molecule has 0 unspecified atom stereocenters. The molecular weight excluding hydrogens is 741 g/mol. The monoisotopic (exact) mass is 772 g/mol. The Hall–Kier alpha value is -6.98. The highest BCUT2D eigenvalue weighted by Crippen LogP contribution is 2.44. The van der Waals surface area contributed by atoms with Crippen LogP contribution in [0.3, 0.4) is 0 Å². The highest BCUT2D eigenvalue weighted by molar-refractivity contribution is 7.27. The zero-order valence-corrected chi connectivity index (χ0v) is 32.8. The van der Waals surface area contributed by atoms with Crippen LogP contribution >= 0.6 is 22.7 Å². The van der Waals surface area contributed by atoms with Gasteiger partial charge in [-0.2, -0.15) is 0 Å². The molecule has 58 heavy (non-hydrogen) atoms.